The second-order valence-electron chi connectivity index (χ2n) is 28.7. The Morgan fingerprint density at radius 2 is 0.479 bits per heavy atom. The summed E-state index contributed by atoms with van der Waals surface area (Å²) in [6.07, 6.45) is 56.7. The molecule has 17 nitrogen and oxygen atoms in total. The molecule has 96 heavy (non-hydrogen) atoms. The molecule has 0 spiro atoms. The fraction of sp³-hybridized carbons (Fsp3) is 0.948. The summed E-state index contributed by atoms with van der Waals surface area (Å²) in [7, 11) is -9.91. The summed E-state index contributed by atoms with van der Waals surface area (Å²) < 4.78 is 68.6. The standard InChI is InChI=1S/C77H150O17P2/c1-7-9-11-13-15-17-19-21-25-29-36-42-48-54-60-75(80)88-65-72(93-76(81)61-55-49-43-37-30-26-23-22-24-27-33-39-45-51-57-69(3)4)67-91-95(83,84)89-63-71(78)64-90-96(85,86)92-68-73(66-87-74(79)59-53-47-41-35-28-20-18-16-14-12-10-8-2)94-77(82)62-56-50-44-38-32-31-34-40-46-52-58-70(5)6/h69-73,78H,7-68H2,1-6H3,(H,83,84)(H,85,86)/t71-,72-,73-/m1/s1. The van der Waals surface area contributed by atoms with Gasteiger partial charge in [0.1, 0.15) is 19.3 Å². The van der Waals surface area contributed by atoms with E-state index in [1.54, 1.807) is 0 Å². The van der Waals surface area contributed by atoms with E-state index >= 15 is 0 Å². The van der Waals surface area contributed by atoms with Gasteiger partial charge >= 0.3 is 39.5 Å². The van der Waals surface area contributed by atoms with Crippen molar-refractivity contribution in [1.82, 2.24) is 0 Å². The highest BCUT2D eigenvalue weighted by Gasteiger charge is 2.30. The van der Waals surface area contributed by atoms with Crippen LogP contribution in [0.5, 0.6) is 0 Å². The summed E-state index contributed by atoms with van der Waals surface area (Å²) in [5.41, 5.74) is 0. The fourth-order valence-corrected chi connectivity index (χ4v) is 13.4. The molecule has 0 aromatic carbocycles. The van der Waals surface area contributed by atoms with Crippen LogP contribution >= 0.6 is 15.6 Å². The Bertz CT molecular complexity index is 1860. The maximum atomic E-state index is 13.1. The number of hydrogen-bond donors (Lipinski definition) is 3. The van der Waals surface area contributed by atoms with Gasteiger partial charge in [0.2, 0.25) is 0 Å². The SMILES string of the molecule is CCCCCCCCCCCCCCCCC(=O)OC[C@H](COP(=O)(O)OC[C@@H](O)COP(=O)(O)OC[C@@H](COC(=O)CCCCCCCCCCCCCC)OC(=O)CCCCCCCCCCCCC(C)C)OC(=O)CCCCCCCCCCCCCCCCC(C)C. The molecular weight excluding hydrogens is 1260 g/mol. The van der Waals surface area contributed by atoms with E-state index in [2.05, 4.69) is 41.5 Å². The lowest BCUT2D eigenvalue weighted by Gasteiger charge is -2.21. The monoisotopic (exact) mass is 1410 g/mol. The molecule has 0 aliphatic rings. The number of carbonyl (C=O) groups is 4. The van der Waals surface area contributed by atoms with Crippen molar-refractivity contribution < 1.29 is 80.2 Å². The minimum Gasteiger partial charge on any atom is -0.462 e. The van der Waals surface area contributed by atoms with Crippen LogP contribution in [0, 0.1) is 11.8 Å². The van der Waals surface area contributed by atoms with Crippen molar-refractivity contribution in [3.8, 4) is 0 Å². The summed E-state index contributed by atoms with van der Waals surface area (Å²) in [6.45, 7) is 9.62. The lowest BCUT2D eigenvalue weighted by molar-refractivity contribution is -0.161. The van der Waals surface area contributed by atoms with Gasteiger partial charge in [-0.05, 0) is 37.5 Å². The molecule has 0 aliphatic heterocycles. The Morgan fingerprint density at radius 3 is 0.708 bits per heavy atom. The number of ether oxygens (including phenoxy) is 4. The van der Waals surface area contributed by atoms with E-state index < -0.39 is 97.5 Å². The van der Waals surface area contributed by atoms with Crippen molar-refractivity contribution in [3.05, 3.63) is 0 Å². The molecule has 570 valence electrons. The third kappa shape index (κ3) is 70.5. The quantitative estimate of drug-likeness (QED) is 0.0222. The van der Waals surface area contributed by atoms with Crippen molar-refractivity contribution in [2.75, 3.05) is 39.6 Å². The number of rotatable bonds is 76. The van der Waals surface area contributed by atoms with Gasteiger partial charge in [-0.3, -0.25) is 37.3 Å². The molecular formula is C77H150O17P2. The van der Waals surface area contributed by atoms with Gasteiger partial charge < -0.3 is 33.8 Å². The molecule has 0 saturated carbocycles. The van der Waals surface area contributed by atoms with E-state index in [0.717, 1.165) is 102 Å². The van der Waals surface area contributed by atoms with Gasteiger partial charge in [0.05, 0.1) is 26.4 Å². The first-order chi connectivity index (χ1) is 46.4. The van der Waals surface area contributed by atoms with Gasteiger partial charge in [-0.2, -0.15) is 0 Å². The number of hydrogen-bond acceptors (Lipinski definition) is 15. The average molecular weight is 1410 g/mol. The number of esters is 4. The predicted molar refractivity (Wildman–Crippen MR) is 391 cm³/mol. The molecule has 0 bridgehead atoms. The van der Waals surface area contributed by atoms with Crippen LogP contribution in [0.25, 0.3) is 0 Å². The number of phosphoric ester groups is 2. The molecule has 0 rings (SSSR count). The summed E-state index contributed by atoms with van der Waals surface area (Å²) in [6, 6.07) is 0. The number of unbranched alkanes of at least 4 members (excludes halogenated alkanes) is 46. The molecule has 5 atom stereocenters. The first-order valence-electron chi connectivity index (χ1n) is 40.0. The minimum absolute atomic E-state index is 0.106. The molecule has 0 aromatic heterocycles. The van der Waals surface area contributed by atoms with Crippen LogP contribution in [0.1, 0.15) is 401 Å². The summed E-state index contributed by atoms with van der Waals surface area (Å²) in [4.78, 5) is 72.9. The van der Waals surface area contributed by atoms with Gasteiger partial charge in [0.25, 0.3) is 0 Å². The molecule has 0 fully saturated rings. The Hall–Kier alpha value is -1.94. The molecule has 0 heterocycles. The summed E-state index contributed by atoms with van der Waals surface area (Å²) >= 11 is 0. The van der Waals surface area contributed by atoms with Gasteiger partial charge in [0.15, 0.2) is 12.2 Å². The zero-order valence-corrected chi connectivity index (χ0v) is 64.5. The molecule has 0 aromatic rings. The average Bonchev–Trinajstić information content (AvgIpc) is 3.60. The highest BCUT2D eigenvalue weighted by Crippen LogP contribution is 2.45. The fourth-order valence-electron chi connectivity index (χ4n) is 11.8. The predicted octanol–water partition coefficient (Wildman–Crippen LogP) is 22.7. The van der Waals surface area contributed by atoms with Gasteiger partial charge in [0, 0.05) is 25.7 Å². The van der Waals surface area contributed by atoms with E-state index in [1.165, 1.54) is 218 Å². The Kier molecular flexibility index (Phi) is 67.4. The maximum absolute atomic E-state index is 13.1. The largest absolute Gasteiger partial charge is 0.472 e. The smallest absolute Gasteiger partial charge is 0.462 e. The second-order valence-corrected chi connectivity index (χ2v) is 31.6. The number of aliphatic hydroxyl groups is 1. The molecule has 0 saturated heterocycles. The highest BCUT2D eigenvalue weighted by atomic mass is 31.2. The third-order valence-corrected chi connectivity index (χ3v) is 19.9. The Labute approximate surface area is 588 Å². The number of phosphoric acid groups is 2. The normalized spacial score (nSPS) is 14.0. The van der Waals surface area contributed by atoms with Crippen molar-refractivity contribution >= 4 is 39.5 Å². The molecule has 0 amide bonds. The van der Waals surface area contributed by atoms with Crippen LogP contribution in [0.3, 0.4) is 0 Å². The van der Waals surface area contributed by atoms with Crippen molar-refractivity contribution in [2.45, 2.75) is 419 Å². The molecule has 2 unspecified atom stereocenters. The highest BCUT2D eigenvalue weighted by molar-refractivity contribution is 7.47. The van der Waals surface area contributed by atoms with Gasteiger partial charge in [-0.25, -0.2) is 9.13 Å². The zero-order chi connectivity index (χ0) is 70.7. The number of carbonyl (C=O) groups excluding carboxylic acids is 4. The van der Waals surface area contributed by atoms with E-state index in [-0.39, 0.29) is 25.7 Å². The van der Waals surface area contributed by atoms with E-state index in [1.807, 2.05) is 0 Å². The summed E-state index contributed by atoms with van der Waals surface area (Å²) in [5, 5.41) is 10.6. The van der Waals surface area contributed by atoms with Crippen LogP contribution < -0.4 is 0 Å². The van der Waals surface area contributed by atoms with Crippen LogP contribution in [0.2, 0.25) is 0 Å². The Morgan fingerprint density at radius 1 is 0.281 bits per heavy atom. The maximum Gasteiger partial charge on any atom is 0.472 e. The lowest BCUT2D eigenvalue weighted by atomic mass is 10.0. The lowest BCUT2D eigenvalue weighted by Crippen LogP contribution is -2.30. The molecule has 0 radical (unpaired) electrons. The Balaban J connectivity index is 5.26. The molecule has 19 heteroatoms. The second kappa shape index (κ2) is 68.8. The molecule has 0 aliphatic carbocycles. The van der Waals surface area contributed by atoms with Crippen LogP contribution in [-0.2, 0) is 65.4 Å². The van der Waals surface area contributed by atoms with Gasteiger partial charge in [-0.1, -0.05) is 350 Å². The van der Waals surface area contributed by atoms with Crippen molar-refractivity contribution in [2.24, 2.45) is 11.8 Å². The van der Waals surface area contributed by atoms with E-state index in [4.69, 9.17) is 37.0 Å². The topological polar surface area (TPSA) is 237 Å². The van der Waals surface area contributed by atoms with Crippen LogP contribution in [0.15, 0.2) is 0 Å². The van der Waals surface area contributed by atoms with Gasteiger partial charge in [-0.15, -0.1) is 0 Å². The first-order valence-corrected chi connectivity index (χ1v) is 43.0. The van der Waals surface area contributed by atoms with E-state index in [9.17, 15) is 43.2 Å². The third-order valence-electron chi connectivity index (χ3n) is 18.0. The van der Waals surface area contributed by atoms with Crippen LogP contribution in [0.4, 0.5) is 0 Å². The molecule has 3 N–H and O–H groups in total. The number of aliphatic hydroxyl groups excluding tert-OH is 1. The van der Waals surface area contributed by atoms with Crippen LogP contribution in [-0.4, -0.2) is 96.7 Å². The summed E-state index contributed by atoms with van der Waals surface area (Å²) in [5.74, 6) is -0.564. The van der Waals surface area contributed by atoms with Crippen molar-refractivity contribution in [1.29, 1.82) is 0 Å². The van der Waals surface area contributed by atoms with Crippen molar-refractivity contribution in [3.63, 3.8) is 0 Å². The zero-order valence-electron chi connectivity index (χ0n) is 62.7. The minimum atomic E-state index is -4.96. The first kappa shape index (κ1) is 94.1. The van der Waals surface area contributed by atoms with E-state index in [0.29, 0.717) is 25.7 Å².